The van der Waals surface area contributed by atoms with Crippen molar-refractivity contribution in [2.45, 2.75) is 57.5 Å². The van der Waals surface area contributed by atoms with Gasteiger partial charge in [0, 0.05) is 18.2 Å². The van der Waals surface area contributed by atoms with Gasteiger partial charge in [0.1, 0.15) is 11.5 Å². The van der Waals surface area contributed by atoms with Crippen molar-refractivity contribution in [3.8, 4) is 11.5 Å². The van der Waals surface area contributed by atoms with E-state index in [1.54, 1.807) is 12.1 Å². The van der Waals surface area contributed by atoms with Crippen LogP contribution in [0.4, 0.5) is 0 Å². The lowest BCUT2D eigenvalue weighted by Gasteiger charge is -2.22. The Balaban J connectivity index is 1.99. The minimum absolute atomic E-state index is 0.125. The van der Waals surface area contributed by atoms with Crippen molar-refractivity contribution in [3.63, 3.8) is 0 Å². The predicted molar refractivity (Wildman–Crippen MR) is 72.8 cm³/mol. The van der Waals surface area contributed by atoms with Gasteiger partial charge in [-0.1, -0.05) is 25.7 Å². The number of hydrogen-bond donors (Lipinski definition) is 3. The molecule has 1 fully saturated rings. The predicted octanol–water partition coefficient (Wildman–Crippen LogP) is 3.47. The highest BCUT2D eigenvalue weighted by Crippen LogP contribution is 2.26. The number of phenolic OH excluding ortho intramolecular Hbond substituents is 2. The van der Waals surface area contributed by atoms with Crippen LogP contribution < -0.4 is 5.32 Å². The second-order valence-electron chi connectivity index (χ2n) is 5.36. The van der Waals surface area contributed by atoms with Crippen molar-refractivity contribution >= 4 is 0 Å². The van der Waals surface area contributed by atoms with Gasteiger partial charge < -0.3 is 15.5 Å². The van der Waals surface area contributed by atoms with E-state index in [1.165, 1.54) is 44.6 Å². The van der Waals surface area contributed by atoms with Crippen molar-refractivity contribution in [1.82, 2.24) is 5.32 Å². The highest BCUT2D eigenvalue weighted by Gasteiger charge is 2.16. The third kappa shape index (κ3) is 3.64. The van der Waals surface area contributed by atoms with E-state index in [0.29, 0.717) is 6.04 Å². The first-order chi connectivity index (χ1) is 8.65. The second-order valence-corrected chi connectivity index (χ2v) is 5.36. The number of rotatable bonds is 3. The first-order valence-electron chi connectivity index (χ1n) is 6.94. The summed E-state index contributed by atoms with van der Waals surface area (Å²) in [5.41, 5.74) is 0.941. The number of benzene rings is 1. The molecule has 3 heteroatoms. The third-order valence-electron chi connectivity index (χ3n) is 3.77. The summed E-state index contributed by atoms with van der Waals surface area (Å²) in [6, 6.07) is 5.52. The summed E-state index contributed by atoms with van der Waals surface area (Å²) in [7, 11) is 0. The summed E-state index contributed by atoms with van der Waals surface area (Å²) in [6.07, 6.45) is 7.76. The SMILES string of the molecule is CC(NC1CCCCCC1)c1cc(O)cc(O)c1. The molecule has 0 aliphatic heterocycles. The smallest absolute Gasteiger partial charge is 0.119 e. The number of aromatic hydroxyl groups is 2. The molecular weight excluding hydrogens is 226 g/mol. The van der Waals surface area contributed by atoms with Gasteiger partial charge in [-0.05, 0) is 37.5 Å². The second kappa shape index (κ2) is 6.10. The molecule has 1 aromatic rings. The lowest BCUT2D eigenvalue weighted by Crippen LogP contribution is -2.31. The summed E-state index contributed by atoms with van der Waals surface area (Å²) in [5.74, 6) is 0.249. The first kappa shape index (κ1) is 13.2. The lowest BCUT2D eigenvalue weighted by atomic mass is 10.0. The molecule has 3 N–H and O–H groups in total. The minimum atomic E-state index is 0.125. The average molecular weight is 249 g/mol. The van der Waals surface area contributed by atoms with E-state index in [2.05, 4.69) is 12.2 Å². The highest BCUT2D eigenvalue weighted by atomic mass is 16.3. The van der Waals surface area contributed by atoms with Crippen LogP contribution in [0.15, 0.2) is 18.2 Å². The zero-order valence-corrected chi connectivity index (χ0v) is 11.0. The number of hydrogen-bond acceptors (Lipinski definition) is 3. The maximum Gasteiger partial charge on any atom is 0.119 e. The van der Waals surface area contributed by atoms with Gasteiger partial charge in [0.25, 0.3) is 0 Å². The number of nitrogens with one attached hydrogen (secondary N) is 1. The van der Waals surface area contributed by atoms with Gasteiger partial charge in [-0.3, -0.25) is 0 Å². The fourth-order valence-electron chi connectivity index (χ4n) is 2.76. The molecule has 0 bridgehead atoms. The van der Waals surface area contributed by atoms with E-state index in [1.807, 2.05) is 0 Å². The molecule has 0 radical (unpaired) electrons. The average Bonchev–Trinajstić information content (AvgIpc) is 2.56. The Labute approximate surface area is 109 Å². The van der Waals surface area contributed by atoms with Crippen molar-refractivity contribution in [2.24, 2.45) is 0 Å². The van der Waals surface area contributed by atoms with Crippen LogP contribution in [-0.2, 0) is 0 Å². The highest BCUT2D eigenvalue weighted by molar-refractivity contribution is 5.37. The van der Waals surface area contributed by atoms with E-state index in [9.17, 15) is 10.2 Å². The molecule has 1 saturated carbocycles. The van der Waals surface area contributed by atoms with Crippen molar-refractivity contribution in [3.05, 3.63) is 23.8 Å². The fraction of sp³-hybridized carbons (Fsp3) is 0.600. The monoisotopic (exact) mass is 249 g/mol. The Bertz CT molecular complexity index is 364. The van der Waals surface area contributed by atoms with E-state index in [0.717, 1.165) is 5.56 Å². The molecule has 3 nitrogen and oxygen atoms in total. The summed E-state index contributed by atoms with van der Waals surface area (Å²) in [5, 5.41) is 22.6. The van der Waals surface area contributed by atoms with Gasteiger partial charge in [0.05, 0.1) is 0 Å². The summed E-state index contributed by atoms with van der Waals surface area (Å²) < 4.78 is 0. The number of phenols is 2. The van der Waals surface area contributed by atoms with E-state index in [-0.39, 0.29) is 17.5 Å². The van der Waals surface area contributed by atoms with Crippen LogP contribution in [0, 0.1) is 0 Å². The van der Waals surface area contributed by atoms with Crippen LogP contribution in [0.3, 0.4) is 0 Å². The van der Waals surface area contributed by atoms with E-state index >= 15 is 0 Å². The van der Waals surface area contributed by atoms with Gasteiger partial charge >= 0.3 is 0 Å². The van der Waals surface area contributed by atoms with E-state index in [4.69, 9.17) is 0 Å². The topological polar surface area (TPSA) is 52.5 Å². The largest absolute Gasteiger partial charge is 0.508 e. The van der Waals surface area contributed by atoms with Gasteiger partial charge in [-0.2, -0.15) is 0 Å². The minimum Gasteiger partial charge on any atom is -0.508 e. The van der Waals surface area contributed by atoms with E-state index < -0.39 is 0 Å². The molecule has 0 spiro atoms. The van der Waals surface area contributed by atoms with Gasteiger partial charge in [-0.15, -0.1) is 0 Å². The van der Waals surface area contributed by atoms with Crippen LogP contribution in [0.5, 0.6) is 11.5 Å². The molecule has 18 heavy (non-hydrogen) atoms. The summed E-state index contributed by atoms with van der Waals surface area (Å²) in [4.78, 5) is 0. The molecule has 0 aromatic heterocycles. The van der Waals surface area contributed by atoms with Gasteiger partial charge in [0.2, 0.25) is 0 Å². The normalized spacial score (nSPS) is 19.4. The summed E-state index contributed by atoms with van der Waals surface area (Å²) in [6.45, 7) is 2.08. The van der Waals surface area contributed by atoms with Crippen molar-refractivity contribution in [2.75, 3.05) is 0 Å². The first-order valence-corrected chi connectivity index (χ1v) is 6.94. The molecule has 2 rings (SSSR count). The zero-order valence-electron chi connectivity index (χ0n) is 11.0. The molecule has 1 unspecified atom stereocenters. The van der Waals surface area contributed by atoms with Crippen molar-refractivity contribution in [1.29, 1.82) is 0 Å². The Morgan fingerprint density at radius 2 is 1.56 bits per heavy atom. The molecular formula is C15H23NO2. The van der Waals surface area contributed by atoms with Crippen LogP contribution in [-0.4, -0.2) is 16.3 Å². The molecule has 1 aromatic carbocycles. The Kier molecular flexibility index (Phi) is 4.48. The van der Waals surface area contributed by atoms with Crippen LogP contribution in [0.25, 0.3) is 0 Å². The lowest BCUT2D eigenvalue weighted by molar-refractivity contribution is 0.408. The Morgan fingerprint density at radius 1 is 1.00 bits per heavy atom. The third-order valence-corrected chi connectivity index (χ3v) is 3.77. The van der Waals surface area contributed by atoms with Crippen LogP contribution >= 0.6 is 0 Å². The molecule has 0 amide bonds. The summed E-state index contributed by atoms with van der Waals surface area (Å²) >= 11 is 0. The molecule has 100 valence electrons. The Morgan fingerprint density at radius 3 is 2.11 bits per heavy atom. The Hall–Kier alpha value is -1.22. The van der Waals surface area contributed by atoms with Crippen LogP contribution in [0.1, 0.15) is 57.1 Å². The van der Waals surface area contributed by atoms with Crippen molar-refractivity contribution < 1.29 is 10.2 Å². The molecule has 0 saturated heterocycles. The van der Waals surface area contributed by atoms with Gasteiger partial charge in [0.15, 0.2) is 0 Å². The molecule has 0 heterocycles. The zero-order chi connectivity index (χ0) is 13.0. The maximum atomic E-state index is 9.51. The van der Waals surface area contributed by atoms with Crippen LogP contribution in [0.2, 0.25) is 0 Å². The molecule has 1 atom stereocenters. The quantitative estimate of drug-likeness (QED) is 0.719. The maximum absolute atomic E-state index is 9.51. The molecule has 1 aliphatic rings. The van der Waals surface area contributed by atoms with Gasteiger partial charge in [-0.25, -0.2) is 0 Å². The fourth-order valence-corrected chi connectivity index (χ4v) is 2.76. The standard InChI is InChI=1S/C15H23NO2/c1-11(12-8-14(17)10-15(18)9-12)16-13-6-4-2-3-5-7-13/h8-11,13,16-18H,2-7H2,1H3. The molecule has 1 aliphatic carbocycles.